The van der Waals surface area contributed by atoms with Crippen molar-refractivity contribution in [2.24, 2.45) is 5.92 Å². The molecule has 172 valence electrons. The summed E-state index contributed by atoms with van der Waals surface area (Å²) in [6.07, 6.45) is 3.98. The van der Waals surface area contributed by atoms with Gasteiger partial charge in [0.15, 0.2) is 11.5 Å². The quantitative estimate of drug-likeness (QED) is 0.543. The van der Waals surface area contributed by atoms with Gasteiger partial charge in [0.25, 0.3) is 0 Å². The minimum absolute atomic E-state index is 0.0271. The van der Waals surface area contributed by atoms with Gasteiger partial charge in [0.05, 0.1) is 19.7 Å². The summed E-state index contributed by atoms with van der Waals surface area (Å²) in [4.78, 5) is 31.1. The van der Waals surface area contributed by atoms with Gasteiger partial charge in [0, 0.05) is 31.0 Å². The van der Waals surface area contributed by atoms with Crippen molar-refractivity contribution >= 4 is 23.2 Å². The number of carbonyl (C=O) groups is 2. The summed E-state index contributed by atoms with van der Waals surface area (Å²) < 4.78 is 16.1. The lowest BCUT2D eigenvalue weighted by Gasteiger charge is -2.29. The summed E-state index contributed by atoms with van der Waals surface area (Å²) in [6, 6.07) is 9.76. The number of thiophene rings is 1. The third kappa shape index (κ3) is 5.61. The second-order valence-electron chi connectivity index (χ2n) is 8.25. The van der Waals surface area contributed by atoms with Gasteiger partial charge in [0.1, 0.15) is 0 Å². The fourth-order valence-corrected chi connectivity index (χ4v) is 4.96. The molecule has 1 aliphatic heterocycles. The highest BCUT2D eigenvalue weighted by atomic mass is 32.1. The van der Waals surface area contributed by atoms with Gasteiger partial charge in [-0.3, -0.25) is 9.59 Å². The van der Waals surface area contributed by atoms with Gasteiger partial charge in [-0.25, -0.2) is 0 Å². The van der Waals surface area contributed by atoms with E-state index in [4.69, 9.17) is 14.2 Å². The van der Waals surface area contributed by atoms with Crippen LogP contribution < -0.4 is 9.47 Å². The first kappa shape index (κ1) is 22.6. The van der Waals surface area contributed by atoms with Crippen molar-refractivity contribution in [3.63, 3.8) is 0 Å². The zero-order valence-corrected chi connectivity index (χ0v) is 19.3. The molecule has 0 N–H and O–H groups in total. The summed E-state index contributed by atoms with van der Waals surface area (Å²) in [6.45, 7) is 2.06. The molecule has 32 heavy (non-hydrogen) atoms. The van der Waals surface area contributed by atoms with Crippen molar-refractivity contribution in [1.29, 1.82) is 0 Å². The number of carbonyl (C=O) groups excluding carboxylic acids is 2. The van der Waals surface area contributed by atoms with E-state index in [0.29, 0.717) is 32.0 Å². The van der Waals surface area contributed by atoms with Crippen molar-refractivity contribution in [2.45, 2.75) is 38.8 Å². The molecule has 0 radical (unpaired) electrons. The Hall–Kier alpha value is -2.58. The van der Waals surface area contributed by atoms with E-state index in [-0.39, 0.29) is 31.1 Å². The Morgan fingerprint density at radius 2 is 1.91 bits per heavy atom. The molecule has 1 fully saturated rings. The fourth-order valence-electron chi connectivity index (χ4n) is 4.25. The molecule has 0 spiro atoms. The predicted octanol–water partition coefficient (Wildman–Crippen LogP) is 3.67. The maximum Gasteiger partial charge on any atom is 0.242 e. The molecule has 1 aliphatic carbocycles. The average molecular weight is 459 g/mol. The van der Waals surface area contributed by atoms with Gasteiger partial charge >= 0.3 is 0 Å². The molecule has 2 amide bonds. The lowest BCUT2D eigenvalue weighted by atomic mass is 10.1. The summed E-state index contributed by atoms with van der Waals surface area (Å²) in [7, 11) is 1.61. The maximum absolute atomic E-state index is 13.4. The Kier molecular flexibility index (Phi) is 7.65. The number of hydrogen-bond donors (Lipinski definition) is 0. The van der Waals surface area contributed by atoms with Crippen LogP contribution in [0.5, 0.6) is 11.5 Å². The van der Waals surface area contributed by atoms with Crippen molar-refractivity contribution in [3.05, 3.63) is 46.2 Å². The first-order chi connectivity index (χ1) is 15.6. The third-order valence-corrected chi connectivity index (χ3v) is 6.86. The maximum atomic E-state index is 13.4. The van der Waals surface area contributed by atoms with Gasteiger partial charge < -0.3 is 24.0 Å². The zero-order valence-electron chi connectivity index (χ0n) is 18.5. The smallest absolute Gasteiger partial charge is 0.242 e. The van der Waals surface area contributed by atoms with Crippen molar-refractivity contribution in [1.82, 2.24) is 9.80 Å². The van der Waals surface area contributed by atoms with E-state index in [1.165, 1.54) is 0 Å². The molecule has 7 nitrogen and oxygen atoms in total. The van der Waals surface area contributed by atoms with Crippen LogP contribution in [0.3, 0.4) is 0 Å². The lowest BCUT2D eigenvalue weighted by Crippen LogP contribution is -2.45. The molecule has 0 bridgehead atoms. The molecule has 0 saturated heterocycles. The summed E-state index contributed by atoms with van der Waals surface area (Å²) in [5.74, 6) is 1.45. The van der Waals surface area contributed by atoms with Gasteiger partial charge in [-0.15, -0.1) is 11.3 Å². The molecule has 4 rings (SSSR count). The van der Waals surface area contributed by atoms with Gasteiger partial charge in [-0.05, 0) is 42.0 Å². The number of ether oxygens (including phenoxy) is 3. The van der Waals surface area contributed by atoms with Crippen LogP contribution in [0.2, 0.25) is 0 Å². The summed E-state index contributed by atoms with van der Waals surface area (Å²) >= 11 is 1.62. The van der Waals surface area contributed by atoms with Gasteiger partial charge in [-0.1, -0.05) is 25.0 Å². The van der Waals surface area contributed by atoms with Crippen molar-refractivity contribution in [3.8, 4) is 11.5 Å². The largest absolute Gasteiger partial charge is 0.454 e. The van der Waals surface area contributed by atoms with E-state index in [1.54, 1.807) is 23.3 Å². The molecule has 1 aromatic carbocycles. The molecule has 0 atom stereocenters. The van der Waals surface area contributed by atoms with E-state index in [2.05, 4.69) is 0 Å². The van der Waals surface area contributed by atoms with Crippen LogP contribution in [0.4, 0.5) is 0 Å². The molecule has 1 saturated carbocycles. The Balaban J connectivity index is 1.49. The summed E-state index contributed by atoms with van der Waals surface area (Å²) in [5, 5.41) is 2.01. The first-order valence-electron chi connectivity index (χ1n) is 11.1. The normalized spacial score (nSPS) is 15.2. The van der Waals surface area contributed by atoms with Crippen LogP contribution in [0.1, 0.15) is 36.1 Å². The lowest BCUT2D eigenvalue weighted by molar-refractivity contribution is -0.144. The van der Waals surface area contributed by atoms with Crippen LogP contribution in [0.25, 0.3) is 0 Å². The van der Waals surface area contributed by atoms with E-state index >= 15 is 0 Å². The molecule has 8 heteroatoms. The molecular formula is C24H30N2O5S. The van der Waals surface area contributed by atoms with Crippen LogP contribution >= 0.6 is 11.3 Å². The highest BCUT2D eigenvalue weighted by Crippen LogP contribution is 2.33. The minimum Gasteiger partial charge on any atom is -0.454 e. The minimum atomic E-state index is -0.0708. The third-order valence-electron chi connectivity index (χ3n) is 6.00. The van der Waals surface area contributed by atoms with Crippen molar-refractivity contribution < 1.29 is 23.8 Å². The number of amides is 2. The van der Waals surface area contributed by atoms with E-state index in [0.717, 1.165) is 41.9 Å². The molecule has 1 aromatic heterocycles. The Morgan fingerprint density at radius 3 is 2.66 bits per heavy atom. The van der Waals surface area contributed by atoms with E-state index < -0.39 is 0 Å². The number of methoxy groups -OCH3 is 1. The molecule has 2 aromatic rings. The molecule has 2 heterocycles. The van der Waals surface area contributed by atoms with Gasteiger partial charge in [-0.2, -0.15) is 0 Å². The number of nitrogens with zero attached hydrogens (tertiary/aromatic N) is 2. The second kappa shape index (κ2) is 10.8. The number of fused-ring (bicyclic) bond motifs is 1. The highest BCUT2D eigenvalue weighted by Gasteiger charge is 2.29. The van der Waals surface area contributed by atoms with Crippen molar-refractivity contribution in [2.75, 3.05) is 33.6 Å². The predicted molar refractivity (Wildman–Crippen MR) is 122 cm³/mol. The zero-order chi connectivity index (χ0) is 22.3. The Bertz CT molecular complexity index is 911. The Morgan fingerprint density at radius 1 is 1.09 bits per heavy atom. The highest BCUT2D eigenvalue weighted by molar-refractivity contribution is 7.09. The monoisotopic (exact) mass is 458 g/mol. The standard InChI is InChI=1S/C24H30N2O5S/c1-29-11-10-25(24(28)19-5-2-3-6-19)16-23(27)26(15-20-7-4-12-32-20)14-18-8-9-21-22(13-18)31-17-30-21/h4,7-9,12-13,19H,2-3,5-6,10-11,14-17H2,1H3. The van der Waals surface area contributed by atoms with E-state index in [9.17, 15) is 9.59 Å². The number of rotatable bonds is 10. The van der Waals surface area contributed by atoms with Crippen LogP contribution in [0.15, 0.2) is 35.7 Å². The summed E-state index contributed by atoms with van der Waals surface area (Å²) in [5.41, 5.74) is 0.963. The Labute approximate surface area is 192 Å². The van der Waals surface area contributed by atoms with Crippen LogP contribution in [-0.2, 0) is 27.4 Å². The van der Waals surface area contributed by atoms with Gasteiger partial charge in [0.2, 0.25) is 18.6 Å². The molecule has 2 aliphatic rings. The first-order valence-corrected chi connectivity index (χ1v) is 12.0. The number of hydrogen-bond acceptors (Lipinski definition) is 6. The second-order valence-corrected chi connectivity index (χ2v) is 9.28. The molecule has 0 unspecified atom stereocenters. The molecular weight excluding hydrogens is 428 g/mol. The topological polar surface area (TPSA) is 68.3 Å². The van der Waals surface area contributed by atoms with E-state index in [1.807, 2.05) is 40.6 Å². The number of benzene rings is 1. The fraction of sp³-hybridized carbons (Fsp3) is 0.500. The SMILES string of the molecule is COCCN(CC(=O)N(Cc1ccc2c(c1)OCO2)Cc1cccs1)C(=O)C1CCCC1. The van der Waals surface area contributed by atoms with Crippen LogP contribution in [0, 0.1) is 5.92 Å². The average Bonchev–Trinajstić information content (AvgIpc) is 3.57. The van der Waals surface area contributed by atoms with Crippen LogP contribution in [-0.4, -0.2) is 55.2 Å².